The van der Waals surface area contributed by atoms with Crippen LogP contribution in [0.15, 0.2) is 91.0 Å². The summed E-state index contributed by atoms with van der Waals surface area (Å²) in [6.07, 6.45) is 0.971. The van der Waals surface area contributed by atoms with E-state index in [2.05, 4.69) is 21.6 Å². The van der Waals surface area contributed by atoms with Gasteiger partial charge in [-0.3, -0.25) is 14.1 Å². The number of benzene rings is 5. The predicted octanol–water partition coefficient (Wildman–Crippen LogP) is 6.88. The van der Waals surface area contributed by atoms with Crippen LogP contribution in [0.4, 0.5) is 28.4 Å². The molecule has 1 radical (unpaired) electrons. The van der Waals surface area contributed by atoms with Gasteiger partial charge in [0.2, 0.25) is 0 Å². The molecule has 0 aromatic heterocycles. The van der Waals surface area contributed by atoms with Crippen LogP contribution in [-0.4, -0.2) is 151 Å². The number of nitrogens with one attached hydrogen (secondary N) is 2. The van der Waals surface area contributed by atoms with Gasteiger partial charge in [0.05, 0.1) is 81.8 Å². The third-order valence-corrected chi connectivity index (χ3v) is 14.4. The van der Waals surface area contributed by atoms with Crippen molar-refractivity contribution >= 4 is 92.6 Å². The molecule has 1 unspecified atom stereocenters. The molecule has 3 atom stereocenters. The molecule has 0 saturated heterocycles. The monoisotopic (exact) mass is 1050 g/mol. The number of hydrogen-bond donors (Lipinski definition) is 4. The molecule has 0 bridgehead atoms. The minimum Gasteiger partial charge on any atom is -0.493 e. The number of para-hydroxylation sites is 2. The first-order valence-corrected chi connectivity index (χ1v) is 25.8. The van der Waals surface area contributed by atoms with Gasteiger partial charge in [0.15, 0.2) is 28.4 Å². The number of methoxy groups -OCH3 is 3. The van der Waals surface area contributed by atoms with Crippen LogP contribution in [0, 0.1) is 0 Å². The largest absolute Gasteiger partial charge is 0.493 e. The summed E-state index contributed by atoms with van der Waals surface area (Å²) in [7, 11) is -0.0798. The summed E-state index contributed by atoms with van der Waals surface area (Å²) in [5.41, 5.74) is 7.25. The topological polar surface area (TPSA) is 187 Å². The number of hydrogen-bond acceptors (Lipinski definition) is 15. The molecule has 0 aliphatic carbocycles. The van der Waals surface area contributed by atoms with Gasteiger partial charge in [0.1, 0.15) is 13.2 Å². The second-order valence-corrected chi connectivity index (χ2v) is 21.6. The van der Waals surface area contributed by atoms with Crippen LogP contribution in [0.1, 0.15) is 56.8 Å². The molecule has 73 heavy (non-hydrogen) atoms. The van der Waals surface area contributed by atoms with Crippen LogP contribution < -0.4 is 44.3 Å². The molecule has 0 spiro atoms. The van der Waals surface area contributed by atoms with Gasteiger partial charge >= 0.3 is 0 Å². The van der Waals surface area contributed by atoms with Crippen LogP contribution >= 0.6 is 12.6 Å². The van der Waals surface area contributed by atoms with E-state index >= 15 is 0 Å². The quantitative estimate of drug-likeness (QED) is 0.0258. The summed E-state index contributed by atoms with van der Waals surface area (Å²) in [6.45, 7) is 8.02. The fourth-order valence-electron chi connectivity index (χ4n) is 9.93. The van der Waals surface area contributed by atoms with E-state index in [1.165, 1.54) is 24.1 Å². The first-order chi connectivity index (χ1) is 34.6. The molecular formula is C53H61N5NaO12S2. The molecule has 5 aromatic carbocycles. The number of ether oxygens (including phenoxy) is 7. The van der Waals surface area contributed by atoms with E-state index < -0.39 is 32.2 Å². The Morgan fingerprint density at radius 2 is 1.26 bits per heavy atom. The van der Waals surface area contributed by atoms with Crippen molar-refractivity contribution in [3.63, 3.8) is 0 Å². The third kappa shape index (κ3) is 12.0. The Bertz CT molecular complexity index is 2940. The molecule has 0 saturated carbocycles. The van der Waals surface area contributed by atoms with Gasteiger partial charge in [-0.2, -0.15) is 21.0 Å². The van der Waals surface area contributed by atoms with E-state index in [0.29, 0.717) is 81.1 Å². The first-order valence-electron chi connectivity index (χ1n) is 23.9. The van der Waals surface area contributed by atoms with Crippen molar-refractivity contribution in [3.05, 3.63) is 124 Å². The van der Waals surface area contributed by atoms with Crippen molar-refractivity contribution in [2.75, 3.05) is 99.3 Å². The molecule has 20 heteroatoms. The maximum absolute atomic E-state index is 14.3. The van der Waals surface area contributed by atoms with Gasteiger partial charge < -0.3 is 58.5 Å². The van der Waals surface area contributed by atoms with Crippen molar-refractivity contribution in [3.8, 4) is 23.0 Å². The summed E-state index contributed by atoms with van der Waals surface area (Å²) in [5, 5.41) is 4.95. The fourth-order valence-corrected chi connectivity index (χ4v) is 11.0. The molecule has 5 aromatic rings. The molecule has 9 rings (SSSR count). The van der Waals surface area contributed by atoms with E-state index in [4.69, 9.17) is 45.8 Å². The Morgan fingerprint density at radius 1 is 0.712 bits per heavy atom. The van der Waals surface area contributed by atoms with Crippen LogP contribution in [-0.2, 0) is 50.4 Å². The van der Waals surface area contributed by atoms with Crippen molar-refractivity contribution in [2.45, 2.75) is 62.1 Å². The van der Waals surface area contributed by atoms with Crippen molar-refractivity contribution < 1.29 is 55.7 Å². The summed E-state index contributed by atoms with van der Waals surface area (Å²) < 4.78 is 77.6. The SMILES string of the molecule is COCCOCCOCCN(CC(C)(C)S)c1cc(COc2cc3c(cc2OC)C(=O)N2c4ccccc4C[C@H]2CN3)cc(COc2cc3c(cc2OC)C(=O)N2c4ccccc4C[C@H]2C(S(=O)(=O)O)N3)c1.[Na]. The molecule has 17 nitrogen and oxygen atoms in total. The van der Waals surface area contributed by atoms with E-state index in [-0.39, 0.29) is 83.9 Å². The second kappa shape index (κ2) is 23.1. The summed E-state index contributed by atoms with van der Waals surface area (Å²) >= 11 is 4.92. The van der Waals surface area contributed by atoms with E-state index in [1.807, 2.05) is 73.3 Å². The Morgan fingerprint density at radius 3 is 1.86 bits per heavy atom. The standard InChI is InChI=1S/C53H61N5O12S2.Na/c1-53(2,71)32-56(14-15-67-18-19-68-17-16-64-3)37-21-33(30-69-48-27-41-39(25-46(48)65-4)51(59)57-38(29-54-41)23-35-10-6-8-12-43(35)57)20-34(22-37)31-70-49-28-42-40(26-47(49)66-5)52(60)58-44-13-9-7-11-36(44)24-45(58)50(55-42)72(61,62)63;/h6-13,20-22,25-28,38,45,50,54-55,71H,14-19,23-24,29-32H2,1-5H3,(H,61,62,63);/t38-,45-,50?;/m0./s1. The number of anilines is 5. The van der Waals surface area contributed by atoms with E-state index in [1.54, 1.807) is 32.4 Å². The number of fused-ring (bicyclic) bond motifs is 8. The number of carbonyl (C=O) groups excluding carboxylic acids is 2. The third-order valence-electron chi connectivity index (χ3n) is 13.2. The Balaban J connectivity index is 0.00000711. The van der Waals surface area contributed by atoms with Gasteiger partial charge in [-0.15, -0.1) is 0 Å². The predicted molar refractivity (Wildman–Crippen MR) is 285 cm³/mol. The van der Waals surface area contributed by atoms with Crippen molar-refractivity contribution in [1.82, 2.24) is 0 Å². The van der Waals surface area contributed by atoms with Gasteiger partial charge in [0.25, 0.3) is 21.9 Å². The number of rotatable bonds is 21. The molecule has 3 N–H and O–H groups in total. The second-order valence-electron chi connectivity index (χ2n) is 18.8. The average Bonchev–Trinajstić information content (AvgIpc) is 3.86. The van der Waals surface area contributed by atoms with Crippen LogP contribution in [0.5, 0.6) is 23.0 Å². The minimum atomic E-state index is -4.72. The maximum atomic E-state index is 14.3. The van der Waals surface area contributed by atoms with E-state index in [9.17, 15) is 22.6 Å². The smallest absolute Gasteiger partial charge is 0.288 e. The Hall–Kier alpha value is -5.22. The van der Waals surface area contributed by atoms with Crippen molar-refractivity contribution in [1.29, 1.82) is 0 Å². The normalized spacial score (nSPS) is 17.5. The molecule has 4 aliphatic heterocycles. The number of carbonyl (C=O) groups is 2. The molecule has 4 heterocycles. The number of amides is 2. The van der Waals surface area contributed by atoms with Crippen LogP contribution in [0.25, 0.3) is 0 Å². The fraction of sp³-hybridized carbons (Fsp3) is 0.396. The summed E-state index contributed by atoms with van der Waals surface area (Å²) in [4.78, 5) is 34.0. The van der Waals surface area contributed by atoms with Crippen LogP contribution in [0.2, 0.25) is 0 Å². The molecule has 4 aliphatic rings. The maximum Gasteiger partial charge on any atom is 0.288 e. The molecule has 383 valence electrons. The van der Waals surface area contributed by atoms with Crippen LogP contribution in [0.3, 0.4) is 0 Å². The Kier molecular flexibility index (Phi) is 17.1. The summed E-state index contributed by atoms with van der Waals surface area (Å²) in [6, 6.07) is 26.9. The number of nitrogens with zero attached hydrogens (tertiary/aromatic N) is 3. The number of thiol groups is 1. The molecular weight excluding hydrogens is 986 g/mol. The van der Waals surface area contributed by atoms with E-state index in [0.717, 1.165) is 40.0 Å². The Labute approximate surface area is 454 Å². The molecule has 2 amide bonds. The van der Waals surface area contributed by atoms with Gasteiger partial charge in [-0.05, 0) is 91.4 Å². The van der Waals surface area contributed by atoms with Gasteiger partial charge in [-0.1, -0.05) is 36.4 Å². The van der Waals surface area contributed by atoms with Crippen molar-refractivity contribution in [2.24, 2.45) is 0 Å². The van der Waals surface area contributed by atoms with Gasteiger partial charge in [0, 0.05) is 90.2 Å². The zero-order valence-corrected chi connectivity index (χ0v) is 45.7. The zero-order chi connectivity index (χ0) is 50.7. The molecule has 0 fully saturated rings. The van der Waals surface area contributed by atoms with Gasteiger partial charge in [-0.25, -0.2) is 0 Å². The summed E-state index contributed by atoms with van der Waals surface area (Å²) in [5.74, 6) is 0.758. The average molecular weight is 1050 g/mol. The first kappa shape index (κ1) is 54.1. The zero-order valence-electron chi connectivity index (χ0n) is 42.0. The minimum absolute atomic E-state index is 0.